The third kappa shape index (κ3) is 4.00. The molecule has 0 saturated carbocycles. The van der Waals surface area contributed by atoms with E-state index >= 15 is 0 Å². The van der Waals surface area contributed by atoms with Gasteiger partial charge in [0.05, 0.1) is 12.8 Å². The van der Waals surface area contributed by atoms with Crippen LogP contribution in [-0.4, -0.2) is 25.3 Å². The van der Waals surface area contributed by atoms with Crippen LogP contribution in [0.15, 0.2) is 71.8 Å². The summed E-state index contributed by atoms with van der Waals surface area (Å²) in [6.45, 7) is 1.72. The fraction of sp³-hybridized carbons (Fsp3) is 0.143. The maximum atomic E-state index is 12.0. The Morgan fingerprint density at radius 3 is 2.46 bits per heavy atom. The second-order valence-electron chi connectivity index (χ2n) is 5.70. The molecule has 0 saturated heterocycles. The van der Waals surface area contributed by atoms with Crippen molar-refractivity contribution in [2.45, 2.75) is 6.92 Å². The van der Waals surface area contributed by atoms with E-state index in [1.165, 1.54) is 0 Å². The first kappa shape index (κ1) is 17.5. The van der Waals surface area contributed by atoms with E-state index in [4.69, 9.17) is 9.47 Å². The number of methoxy groups -OCH3 is 1. The van der Waals surface area contributed by atoms with Crippen LogP contribution in [0, 0.1) is 0 Å². The fourth-order valence-electron chi connectivity index (χ4n) is 2.66. The van der Waals surface area contributed by atoms with Gasteiger partial charge in [-0.3, -0.25) is 4.79 Å². The quantitative estimate of drug-likeness (QED) is 0.545. The summed E-state index contributed by atoms with van der Waals surface area (Å²) < 4.78 is 10.7. The first-order valence-corrected chi connectivity index (χ1v) is 8.26. The molecule has 26 heavy (non-hydrogen) atoms. The van der Waals surface area contributed by atoms with Crippen molar-refractivity contribution in [3.8, 4) is 11.5 Å². The number of hydrogen-bond acceptors (Lipinski definition) is 4. The van der Waals surface area contributed by atoms with Crippen molar-refractivity contribution in [3.63, 3.8) is 0 Å². The summed E-state index contributed by atoms with van der Waals surface area (Å²) in [5, 5.41) is 6.43. The van der Waals surface area contributed by atoms with Gasteiger partial charge in [0.25, 0.3) is 5.91 Å². The number of carbonyl (C=O) groups excluding carboxylic acids is 1. The molecule has 3 rings (SSSR count). The second-order valence-corrected chi connectivity index (χ2v) is 5.70. The number of hydrazone groups is 1. The van der Waals surface area contributed by atoms with Crippen LogP contribution in [-0.2, 0) is 4.79 Å². The Balaban J connectivity index is 1.66. The molecule has 132 valence electrons. The van der Waals surface area contributed by atoms with Crippen LogP contribution >= 0.6 is 0 Å². The Kier molecular flexibility index (Phi) is 5.49. The Morgan fingerprint density at radius 2 is 1.65 bits per heavy atom. The highest BCUT2D eigenvalue weighted by molar-refractivity contribution is 6.09. The number of benzene rings is 3. The molecular formula is C21H20N2O3. The lowest BCUT2D eigenvalue weighted by molar-refractivity contribution is -0.123. The van der Waals surface area contributed by atoms with Gasteiger partial charge < -0.3 is 9.47 Å². The molecule has 0 aliphatic carbocycles. The fourth-order valence-corrected chi connectivity index (χ4v) is 2.66. The maximum absolute atomic E-state index is 12.0. The van der Waals surface area contributed by atoms with Crippen LogP contribution in [0.5, 0.6) is 11.5 Å². The molecule has 0 aliphatic heterocycles. The van der Waals surface area contributed by atoms with Crippen molar-refractivity contribution < 1.29 is 14.3 Å². The van der Waals surface area contributed by atoms with E-state index in [2.05, 4.69) is 10.5 Å². The number of ether oxygens (including phenoxy) is 2. The van der Waals surface area contributed by atoms with Crippen LogP contribution < -0.4 is 14.9 Å². The standard InChI is InChI=1S/C21H20N2O3/c1-15(17-11-7-9-16-8-3-4-10-18(16)17)22-23-21(24)14-26-20-13-6-5-12-19(20)25-2/h3-13H,14H2,1-2H3,(H,23,24). The molecule has 0 unspecified atom stereocenters. The van der Waals surface area contributed by atoms with Gasteiger partial charge in [0.1, 0.15) is 0 Å². The molecule has 0 aliphatic rings. The van der Waals surface area contributed by atoms with Crippen molar-refractivity contribution >= 4 is 22.4 Å². The summed E-state index contributed by atoms with van der Waals surface area (Å²) in [7, 11) is 1.56. The Labute approximate surface area is 152 Å². The van der Waals surface area contributed by atoms with Gasteiger partial charge in [0.2, 0.25) is 0 Å². The van der Waals surface area contributed by atoms with Crippen LogP contribution in [0.1, 0.15) is 12.5 Å². The van der Waals surface area contributed by atoms with E-state index < -0.39 is 0 Å². The first-order chi connectivity index (χ1) is 12.7. The van der Waals surface area contributed by atoms with Gasteiger partial charge in [0.15, 0.2) is 18.1 Å². The van der Waals surface area contributed by atoms with E-state index in [1.807, 2.05) is 61.5 Å². The number of carbonyl (C=O) groups is 1. The molecule has 0 radical (unpaired) electrons. The number of rotatable bonds is 6. The molecule has 0 aromatic heterocycles. The average Bonchev–Trinajstić information content (AvgIpc) is 2.70. The molecular weight excluding hydrogens is 328 g/mol. The largest absolute Gasteiger partial charge is 0.493 e. The van der Waals surface area contributed by atoms with Gasteiger partial charge in [-0.05, 0) is 29.8 Å². The molecule has 1 N–H and O–H groups in total. The molecule has 5 nitrogen and oxygen atoms in total. The molecule has 0 bridgehead atoms. The SMILES string of the molecule is COc1ccccc1OCC(=O)NN=C(C)c1cccc2ccccc12. The third-order valence-electron chi connectivity index (χ3n) is 3.96. The Morgan fingerprint density at radius 1 is 0.962 bits per heavy atom. The first-order valence-electron chi connectivity index (χ1n) is 8.26. The zero-order valence-electron chi connectivity index (χ0n) is 14.7. The van der Waals surface area contributed by atoms with Crippen molar-refractivity contribution in [2.24, 2.45) is 5.10 Å². The summed E-state index contributed by atoms with van der Waals surface area (Å²) in [5.74, 6) is 0.756. The Bertz CT molecular complexity index is 945. The second kappa shape index (κ2) is 8.16. The minimum Gasteiger partial charge on any atom is -0.493 e. The number of nitrogens with zero attached hydrogens (tertiary/aromatic N) is 1. The van der Waals surface area contributed by atoms with Crippen LogP contribution in [0.25, 0.3) is 10.8 Å². The minimum atomic E-state index is -0.338. The number of amides is 1. The predicted molar refractivity (Wildman–Crippen MR) is 103 cm³/mol. The summed E-state index contributed by atoms with van der Waals surface area (Å²) >= 11 is 0. The predicted octanol–water partition coefficient (Wildman–Crippen LogP) is 3.77. The van der Waals surface area contributed by atoms with Gasteiger partial charge in [-0.25, -0.2) is 5.43 Å². The molecule has 0 spiro atoms. The van der Waals surface area contributed by atoms with Gasteiger partial charge >= 0.3 is 0 Å². The van der Waals surface area contributed by atoms with Gasteiger partial charge in [-0.2, -0.15) is 5.10 Å². The normalized spacial score (nSPS) is 11.2. The van der Waals surface area contributed by atoms with Crippen LogP contribution in [0.4, 0.5) is 0 Å². The van der Waals surface area contributed by atoms with E-state index in [0.29, 0.717) is 11.5 Å². The zero-order chi connectivity index (χ0) is 18.4. The van der Waals surface area contributed by atoms with Crippen LogP contribution in [0.3, 0.4) is 0 Å². The lowest BCUT2D eigenvalue weighted by atomic mass is 10.0. The summed E-state index contributed by atoms with van der Waals surface area (Å²) in [6.07, 6.45) is 0. The molecule has 0 fully saturated rings. The van der Waals surface area contributed by atoms with Gasteiger partial charge in [-0.1, -0.05) is 54.6 Å². The van der Waals surface area contributed by atoms with Gasteiger partial charge in [0, 0.05) is 5.56 Å². The van der Waals surface area contributed by atoms with Crippen molar-refractivity contribution in [2.75, 3.05) is 13.7 Å². The number of hydrogen-bond donors (Lipinski definition) is 1. The highest BCUT2D eigenvalue weighted by Crippen LogP contribution is 2.25. The highest BCUT2D eigenvalue weighted by Gasteiger charge is 2.07. The lowest BCUT2D eigenvalue weighted by Gasteiger charge is -2.10. The summed E-state index contributed by atoms with van der Waals surface area (Å²) in [6, 6.07) is 21.2. The molecule has 3 aromatic carbocycles. The van der Waals surface area contributed by atoms with Crippen molar-refractivity contribution in [3.05, 3.63) is 72.3 Å². The van der Waals surface area contributed by atoms with Crippen molar-refractivity contribution in [1.82, 2.24) is 5.43 Å². The summed E-state index contributed by atoms with van der Waals surface area (Å²) in [5.41, 5.74) is 4.25. The lowest BCUT2D eigenvalue weighted by Crippen LogP contribution is -2.25. The Hall–Kier alpha value is -3.34. The van der Waals surface area contributed by atoms with E-state index in [-0.39, 0.29) is 12.5 Å². The number of nitrogens with one attached hydrogen (secondary N) is 1. The molecule has 0 heterocycles. The average molecular weight is 348 g/mol. The molecule has 5 heteroatoms. The zero-order valence-corrected chi connectivity index (χ0v) is 14.7. The molecule has 0 atom stereocenters. The molecule has 3 aromatic rings. The third-order valence-corrected chi connectivity index (χ3v) is 3.96. The van der Waals surface area contributed by atoms with E-state index in [1.54, 1.807) is 19.2 Å². The number of para-hydroxylation sites is 2. The van der Waals surface area contributed by atoms with Crippen LogP contribution in [0.2, 0.25) is 0 Å². The minimum absolute atomic E-state index is 0.146. The summed E-state index contributed by atoms with van der Waals surface area (Å²) in [4.78, 5) is 12.0. The van der Waals surface area contributed by atoms with E-state index in [9.17, 15) is 4.79 Å². The van der Waals surface area contributed by atoms with Gasteiger partial charge in [-0.15, -0.1) is 0 Å². The topological polar surface area (TPSA) is 59.9 Å². The van der Waals surface area contributed by atoms with Crippen molar-refractivity contribution in [1.29, 1.82) is 0 Å². The maximum Gasteiger partial charge on any atom is 0.277 e. The van der Waals surface area contributed by atoms with E-state index in [0.717, 1.165) is 22.0 Å². The monoisotopic (exact) mass is 348 g/mol. The smallest absolute Gasteiger partial charge is 0.277 e. The number of fused-ring (bicyclic) bond motifs is 1. The highest BCUT2D eigenvalue weighted by atomic mass is 16.5. The molecule has 1 amide bonds.